The van der Waals surface area contributed by atoms with Crippen molar-refractivity contribution in [3.8, 4) is 0 Å². The van der Waals surface area contributed by atoms with E-state index in [9.17, 15) is 0 Å². The van der Waals surface area contributed by atoms with Crippen molar-refractivity contribution in [3.63, 3.8) is 0 Å². The van der Waals surface area contributed by atoms with Gasteiger partial charge in [-0.25, -0.2) is 0 Å². The first-order valence-electron chi connectivity index (χ1n) is 9.53. The van der Waals surface area contributed by atoms with E-state index in [-0.39, 0.29) is 0 Å². The smallest absolute Gasteiger partial charge is 0.0594 e. The van der Waals surface area contributed by atoms with E-state index in [0.29, 0.717) is 6.04 Å². The van der Waals surface area contributed by atoms with Gasteiger partial charge in [-0.05, 0) is 31.9 Å². The molecule has 1 aromatic heterocycles. The number of aromatic amines is 1. The zero-order valence-corrected chi connectivity index (χ0v) is 15.4. The molecule has 1 aromatic carbocycles. The predicted octanol–water partition coefficient (Wildman–Crippen LogP) is 3.29. The predicted molar refractivity (Wildman–Crippen MR) is 104 cm³/mol. The lowest BCUT2D eigenvalue weighted by atomic mass is 9.96. The minimum Gasteiger partial charge on any atom is -0.379 e. The molecule has 134 valence electrons. The lowest BCUT2D eigenvalue weighted by molar-refractivity contribution is 0.0255. The molecule has 3 heterocycles. The molecule has 0 amide bonds. The standard InChI is InChI=1S/C21H29N3O/c1-16(15-23-11-13-25-14-12-23)24-9-7-18(8-10-24)21-17(2)22-20-6-4-3-5-19(20)21/h3-7,16,22H,8-15H2,1-2H3. The Labute approximate surface area is 150 Å². The summed E-state index contributed by atoms with van der Waals surface area (Å²) in [6.45, 7) is 11.8. The maximum atomic E-state index is 5.46. The van der Waals surface area contributed by atoms with Gasteiger partial charge in [-0.15, -0.1) is 0 Å². The molecule has 1 unspecified atom stereocenters. The highest BCUT2D eigenvalue weighted by Gasteiger charge is 2.22. The zero-order valence-electron chi connectivity index (χ0n) is 15.4. The molecular weight excluding hydrogens is 310 g/mol. The number of fused-ring (bicyclic) bond motifs is 1. The first-order valence-corrected chi connectivity index (χ1v) is 9.53. The second kappa shape index (κ2) is 7.32. The normalized spacial score (nSPS) is 21.4. The second-order valence-corrected chi connectivity index (χ2v) is 7.41. The van der Waals surface area contributed by atoms with E-state index in [0.717, 1.165) is 52.4 Å². The van der Waals surface area contributed by atoms with Gasteiger partial charge in [-0.2, -0.15) is 0 Å². The molecule has 1 fully saturated rings. The molecule has 4 heteroatoms. The summed E-state index contributed by atoms with van der Waals surface area (Å²) in [6.07, 6.45) is 3.58. The van der Waals surface area contributed by atoms with E-state index in [1.165, 1.54) is 27.7 Å². The summed E-state index contributed by atoms with van der Waals surface area (Å²) in [6, 6.07) is 9.25. The largest absolute Gasteiger partial charge is 0.379 e. The van der Waals surface area contributed by atoms with Gasteiger partial charge >= 0.3 is 0 Å². The molecule has 0 bridgehead atoms. The van der Waals surface area contributed by atoms with Crippen LogP contribution in [0.15, 0.2) is 30.3 Å². The third-order valence-corrected chi connectivity index (χ3v) is 5.70. The Morgan fingerprint density at radius 1 is 1.16 bits per heavy atom. The van der Waals surface area contributed by atoms with Crippen LogP contribution in [0.5, 0.6) is 0 Å². The summed E-state index contributed by atoms with van der Waals surface area (Å²) >= 11 is 0. The molecule has 1 atom stereocenters. The molecule has 2 aliphatic heterocycles. The molecular formula is C21H29N3O. The average molecular weight is 339 g/mol. The summed E-state index contributed by atoms with van der Waals surface area (Å²) in [4.78, 5) is 8.69. The van der Waals surface area contributed by atoms with Gasteiger partial charge in [0.15, 0.2) is 0 Å². The number of hydrogen-bond donors (Lipinski definition) is 1. The summed E-state index contributed by atoms with van der Waals surface area (Å²) in [5, 5.41) is 1.36. The minimum atomic E-state index is 0.597. The molecule has 2 aromatic rings. The average Bonchev–Trinajstić information content (AvgIpc) is 2.98. The first-order chi connectivity index (χ1) is 12.2. The van der Waals surface area contributed by atoms with Crippen LogP contribution in [-0.4, -0.2) is 66.8 Å². The van der Waals surface area contributed by atoms with Gasteiger partial charge in [-0.1, -0.05) is 24.3 Å². The Kier molecular flexibility index (Phi) is 4.93. The number of aromatic nitrogens is 1. The van der Waals surface area contributed by atoms with Crippen LogP contribution in [0.25, 0.3) is 16.5 Å². The van der Waals surface area contributed by atoms with Crippen molar-refractivity contribution in [2.75, 3.05) is 45.9 Å². The molecule has 25 heavy (non-hydrogen) atoms. The molecule has 1 saturated heterocycles. The maximum Gasteiger partial charge on any atom is 0.0594 e. The van der Waals surface area contributed by atoms with Crippen LogP contribution in [-0.2, 0) is 4.74 Å². The van der Waals surface area contributed by atoms with Crippen molar-refractivity contribution in [1.82, 2.24) is 14.8 Å². The summed E-state index contributed by atoms with van der Waals surface area (Å²) < 4.78 is 5.46. The molecule has 0 spiro atoms. The van der Waals surface area contributed by atoms with E-state index >= 15 is 0 Å². The maximum absolute atomic E-state index is 5.46. The number of H-pyrrole nitrogens is 1. The minimum absolute atomic E-state index is 0.597. The van der Waals surface area contributed by atoms with Gasteiger partial charge in [0, 0.05) is 60.9 Å². The summed E-state index contributed by atoms with van der Waals surface area (Å²) in [5.74, 6) is 0. The number of aryl methyl sites for hydroxylation is 1. The highest BCUT2D eigenvalue weighted by Crippen LogP contribution is 2.32. The molecule has 2 aliphatic rings. The number of benzene rings is 1. The number of ether oxygens (including phenoxy) is 1. The summed E-state index contributed by atoms with van der Waals surface area (Å²) in [7, 11) is 0. The topological polar surface area (TPSA) is 31.5 Å². The van der Waals surface area contributed by atoms with Crippen LogP contribution < -0.4 is 0 Å². The van der Waals surface area contributed by atoms with Gasteiger partial charge in [0.1, 0.15) is 0 Å². The fourth-order valence-electron chi connectivity index (χ4n) is 4.28. The van der Waals surface area contributed by atoms with Gasteiger partial charge in [0.05, 0.1) is 13.2 Å². The second-order valence-electron chi connectivity index (χ2n) is 7.41. The van der Waals surface area contributed by atoms with Gasteiger partial charge in [0.2, 0.25) is 0 Å². The monoisotopic (exact) mass is 339 g/mol. The Morgan fingerprint density at radius 3 is 2.72 bits per heavy atom. The van der Waals surface area contributed by atoms with Gasteiger partial charge < -0.3 is 9.72 Å². The highest BCUT2D eigenvalue weighted by atomic mass is 16.5. The number of morpholine rings is 1. The quantitative estimate of drug-likeness (QED) is 0.927. The van der Waals surface area contributed by atoms with Crippen LogP contribution >= 0.6 is 0 Å². The van der Waals surface area contributed by atoms with Crippen molar-refractivity contribution in [2.24, 2.45) is 0 Å². The van der Waals surface area contributed by atoms with E-state index in [4.69, 9.17) is 4.74 Å². The molecule has 0 saturated carbocycles. The Hall–Kier alpha value is -1.62. The summed E-state index contributed by atoms with van der Waals surface area (Å²) in [5.41, 5.74) is 5.47. The van der Waals surface area contributed by atoms with Crippen LogP contribution in [0.4, 0.5) is 0 Å². The number of nitrogens with zero attached hydrogens (tertiary/aromatic N) is 2. The van der Waals surface area contributed by atoms with E-state index in [1.54, 1.807) is 0 Å². The van der Waals surface area contributed by atoms with Crippen molar-refractivity contribution in [1.29, 1.82) is 0 Å². The van der Waals surface area contributed by atoms with Crippen molar-refractivity contribution >= 4 is 16.5 Å². The molecule has 0 radical (unpaired) electrons. The van der Waals surface area contributed by atoms with Crippen LogP contribution in [0, 0.1) is 6.92 Å². The number of rotatable bonds is 4. The van der Waals surface area contributed by atoms with Crippen molar-refractivity contribution < 1.29 is 4.74 Å². The van der Waals surface area contributed by atoms with Crippen molar-refractivity contribution in [2.45, 2.75) is 26.3 Å². The van der Waals surface area contributed by atoms with E-state index in [1.807, 2.05) is 0 Å². The fourth-order valence-corrected chi connectivity index (χ4v) is 4.28. The Morgan fingerprint density at radius 2 is 1.96 bits per heavy atom. The number of hydrogen-bond acceptors (Lipinski definition) is 3. The Balaban J connectivity index is 1.45. The number of nitrogens with one attached hydrogen (secondary N) is 1. The lowest BCUT2D eigenvalue weighted by Crippen LogP contribution is -2.47. The van der Waals surface area contributed by atoms with Gasteiger partial charge in [0.25, 0.3) is 0 Å². The fraction of sp³-hybridized carbons (Fsp3) is 0.524. The van der Waals surface area contributed by atoms with E-state index < -0.39 is 0 Å². The highest BCUT2D eigenvalue weighted by molar-refractivity contribution is 5.94. The van der Waals surface area contributed by atoms with Crippen molar-refractivity contribution in [3.05, 3.63) is 41.6 Å². The van der Waals surface area contributed by atoms with Gasteiger partial charge in [-0.3, -0.25) is 9.80 Å². The lowest BCUT2D eigenvalue weighted by Gasteiger charge is -2.36. The third kappa shape index (κ3) is 3.52. The van der Waals surface area contributed by atoms with Crippen LogP contribution in [0.1, 0.15) is 24.6 Å². The van der Waals surface area contributed by atoms with E-state index in [2.05, 4.69) is 59.0 Å². The third-order valence-electron chi connectivity index (χ3n) is 5.70. The number of para-hydroxylation sites is 1. The molecule has 0 aliphatic carbocycles. The molecule has 1 N–H and O–H groups in total. The van der Waals surface area contributed by atoms with Crippen LogP contribution in [0.2, 0.25) is 0 Å². The first kappa shape index (κ1) is 16.8. The Bertz CT molecular complexity index is 758. The SMILES string of the molecule is Cc1[nH]c2ccccc2c1C1=CCN(C(C)CN2CCOCC2)CC1. The molecule has 4 nitrogen and oxygen atoms in total. The van der Waals surface area contributed by atoms with Crippen LogP contribution in [0.3, 0.4) is 0 Å². The molecule has 4 rings (SSSR count). The zero-order chi connectivity index (χ0) is 17.2.